The molecule has 7 heteroatoms. The number of nitrogens with zero attached hydrogens (tertiary/aromatic N) is 1. The number of aliphatic hydroxyl groups excluding tert-OH is 1. The van der Waals surface area contributed by atoms with Gasteiger partial charge in [0.1, 0.15) is 19.9 Å². The van der Waals surface area contributed by atoms with Gasteiger partial charge in [0, 0.05) is 0 Å². The van der Waals surface area contributed by atoms with Crippen LogP contribution in [0.1, 0.15) is 5.56 Å². The van der Waals surface area contributed by atoms with E-state index in [9.17, 15) is 18.0 Å². The molecular formula is C11H12F3NO3. The van der Waals surface area contributed by atoms with Crippen LogP contribution < -0.4 is 0 Å². The second kappa shape index (κ2) is 6.25. The van der Waals surface area contributed by atoms with Crippen molar-refractivity contribution in [2.45, 2.75) is 12.8 Å². The molecule has 0 bridgehead atoms. The average Bonchev–Trinajstić information content (AvgIpc) is 2.33. The summed E-state index contributed by atoms with van der Waals surface area (Å²) in [4.78, 5) is 11.4. The molecule has 1 aromatic carbocycles. The van der Waals surface area contributed by atoms with Gasteiger partial charge in [-0.25, -0.2) is 4.79 Å². The Morgan fingerprint density at radius 2 is 1.89 bits per heavy atom. The van der Waals surface area contributed by atoms with E-state index in [-0.39, 0.29) is 11.5 Å². The summed E-state index contributed by atoms with van der Waals surface area (Å²) in [6, 6.07) is 8.51. The minimum absolute atomic E-state index is 0.145. The van der Waals surface area contributed by atoms with Gasteiger partial charge < -0.3 is 9.84 Å². The first-order chi connectivity index (χ1) is 8.42. The molecule has 0 aliphatic carbocycles. The van der Waals surface area contributed by atoms with E-state index < -0.39 is 25.5 Å². The molecule has 0 heterocycles. The number of carbonyl (C=O) groups excluding carboxylic acids is 1. The molecule has 1 aromatic rings. The molecule has 0 fully saturated rings. The fourth-order valence-electron chi connectivity index (χ4n) is 1.20. The number of aliphatic hydroxyl groups is 1. The molecule has 0 atom stereocenters. The molecule has 0 unspecified atom stereocenters. The van der Waals surface area contributed by atoms with Gasteiger partial charge in [0.2, 0.25) is 0 Å². The molecule has 0 spiro atoms. The van der Waals surface area contributed by atoms with Gasteiger partial charge in [0.15, 0.2) is 0 Å². The molecule has 1 rings (SSSR count). The molecule has 0 saturated heterocycles. The predicted molar refractivity (Wildman–Crippen MR) is 56.5 cm³/mol. The summed E-state index contributed by atoms with van der Waals surface area (Å²) in [5, 5.41) is 8.68. The topological polar surface area (TPSA) is 49.8 Å². The van der Waals surface area contributed by atoms with Gasteiger partial charge in [0.05, 0.1) is 0 Å². The third-order valence-corrected chi connectivity index (χ3v) is 2.00. The first-order valence-corrected chi connectivity index (χ1v) is 5.05. The molecule has 0 aliphatic rings. The summed E-state index contributed by atoms with van der Waals surface area (Å²) in [5.41, 5.74) is 0.649. The fourth-order valence-corrected chi connectivity index (χ4v) is 1.20. The zero-order valence-corrected chi connectivity index (χ0v) is 9.35. The van der Waals surface area contributed by atoms with E-state index in [0.29, 0.717) is 5.56 Å². The van der Waals surface area contributed by atoms with E-state index in [2.05, 4.69) is 4.74 Å². The zero-order valence-electron chi connectivity index (χ0n) is 9.35. The third-order valence-electron chi connectivity index (χ3n) is 2.00. The third kappa shape index (κ3) is 5.05. The molecule has 1 amide bonds. The quantitative estimate of drug-likeness (QED) is 0.847. The van der Waals surface area contributed by atoms with E-state index >= 15 is 0 Å². The predicted octanol–water partition coefficient (Wildman–Crippen LogP) is 2.14. The highest BCUT2D eigenvalue weighted by molar-refractivity contribution is 5.67. The highest BCUT2D eigenvalue weighted by Gasteiger charge is 2.33. The van der Waals surface area contributed by atoms with Crippen molar-refractivity contribution in [1.82, 2.24) is 4.90 Å². The number of hydrogen-bond acceptors (Lipinski definition) is 3. The van der Waals surface area contributed by atoms with Gasteiger partial charge >= 0.3 is 12.3 Å². The van der Waals surface area contributed by atoms with Gasteiger partial charge in [-0.3, -0.25) is 4.90 Å². The van der Waals surface area contributed by atoms with Crippen LogP contribution in [0.15, 0.2) is 30.3 Å². The highest BCUT2D eigenvalue weighted by Crippen LogP contribution is 2.16. The fraction of sp³-hybridized carbons (Fsp3) is 0.364. The first kappa shape index (κ1) is 14.3. The second-order valence-corrected chi connectivity index (χ2v) is 3.49. The summed E-state index contributed by atoms with van der Waals surface area (Å²) in [5.74, 6) is 0. The van der Waals surface area contributed by atoms with Gasteiger partial charge in [-0.2, -0.15) is 13.2 Å². The van der Waals surface area contributed by atoms with E-state index in [4.69, 9.17) is 5.11 Å². The Kier molecular flexibility index (Phi) is 4.96. The van der Waals surface area contributed by atoms with Crippen molar-refractivity contribution in [3.8, 4) is 0 Å². The lowest BCUT2D eigenvalue weighted by molar-refractivity contribution is -0.149. The second-order valence-electron chi connectivity index (χ2n) is 3.49. The SMILES string of the molecule is O=C(OCc1ccccc1)N(CO)CC(F)(F)F. The van der Waals surface area contributed by atoms with Crippen molar-refractivity contribution < 1.29 is 27.8 Å². The Labute approximate surface area is 102 Å². The highest BCUT2D eigenvalue weighted by atomic mass is 19.4. The Balaban J connectivity index is 2.48. The van der Waals surface area contributed by atoms with Crippen molar-refractivity contribution in [2.75, 3.05) is 13.3 Å². The van der Waals surface area contributed by atoms with Crippen molar-refractivity contribution in [3.05, 3.63) is 35.9 Å². The number of rotatable bonds is 4. The van der Waals surface area contributed by atoms with Crippen LogP contribution in [0.25, 0.3) is 0 Å². The van der Waals surface area contributed by atoms with Gasteiger partial charge in [-0.1, -0.05) is 30.3 Å². The van der Waals surface area contributed by atoms with Gasteiger partial charge in [-0.05, 0) is 5.56 Å². The van der Waals surface area contributed by atoms with Gasteiger partial charge in [0.25, 0.3) is 0 Å². The Bertz CT molecular complexity index is 381. The average molecular weight is 263 g/mol. The lowest BCUT2D eigenvalue weighted by Gasteiger charge is -2.20. The van der Waals surface area contributed by atoms with E-state index in [0.717, 1.165) is 0 Å². The van der Waals surface area contributed by atoms with Crippen LogP contribution in [0.2, 0.25) is 0 Å². The molecule has 0 saturated carbocycles. The van der Waals surface area contributed by atoms with Crippen LogP contribution in [-0.2, 0) is 11.3 Å². The Morgan fingerprint density at radius 1 is 1.28 bits per heavy atom. The Morgan fingerprint density at radius 3 is 2.39 bits per heavy atom. The molecule has 0 aromatic heterocycles. The van der Waals surface area contributed by atoms with Crippen molar-refractivity contribution in [2.24, 2.45) is 0 Å². The van der Waals surface area contributed by atoms with Crippen molar-refractivity contribution in [3.63, 3.8) is 0 Å². The summed E-state index contributed by atoms with van der Waals surface area (Å²) < 4.78 is 40.8. The maximum Gasteiger partial charge on any atom is 0.412 e. The molecular weight excluding hydrogens is 251 g/mol. The van der Waals surface area contributed by atoms with Crippen LogP contribution >= 0.6 is 0 Å². The number of amides is 1. The van der Waals surface area contributed by atoms with Crippen LogP contribution in [-0.4, -0.2) is 35.6 Å². The van der Waals surface area contributed by atoms with E-state index in [1.54, 1.807) is 30.3 Å². The monoisotopic (exact) mass is 263 g/mol. The first-order valence-electron chi connectivity index (χ1n) is 5.05. The van der Waals surface area contributed by atoms with Crippen LogP contribution in [0.3, 0.4) is 0 Å². The number of alkyl halides is 3. The van der Waals surface area contributed by atoms with Crippen molar-refractivity contribution >= 4 is 6.09 Å². The minimum Gasteiger partial charge on any atom is -0.444 e. The minimum atomic E-state index is -4.57. The maximum absolute atomic E-state index is 12.1. The normalized spacial score (nSPS) is 11.1. The lowest BCUT2D eigenvalue weighted by Crippen LogP contribution is -2.39. The molecule has 0 aliphatic heterocycles. The van der Waals surface area contributed by atoms with Gasteiger partial charge in [-0.15, -0.1) is 0 Å². The van der Waals surface area contributed by atoms with E-state index in [1.807, 2.05) is 0 Å². The Hall–Kier alpha value is -1.76. The molecule has 4 nitrogen and oxygen atoms in total. The largest absolute Gasteiger partial charge is 0.444 e. The molecule has 0 radical (unpaired) electrons. The summed E-state index contributed by atoms with van der Waals surface area (Å²) in [6.45, 7) is -2.74. The summed E-state index contributed by atoms with van der Waals surface area (Å²) in [7, 11) is 0. The lowest BCUT2D eigenvalue weighted by atomic mass is 10.2. The number of ether oxygens (including phenoxy) is 1. The van der Waals surface area contributed by atoms with Crippen LogP contribution in [0.5, 0.6) is 0 Å². The standard InChI is InChI=1S/C11H12F3NO3/c12-11(13,14)7-15(8-16)10(17)18-6-9-4-2-1-3-5-9/h1-5,16H,6-8H2. The number of hydrogen-bond donors (Lipinski definition) is 1. The van der Waals surface area contributed by atoms with E-state index in [1.165, 1.54) is 0 Å². The number of benzene rings is 1. The molecule has 1 N–H and O–H groups in total. The molecule has 18 heavy (non-hydrogen) atoms. The smallest absolute Gasteiger partial charge is 0.412 e. The van der Waals surface area contributed by atoms with Crippen molar-refractivity contribution in [1.29, 1.82) is 0 Å². The summed E-state index contributed by atoms with van der Waals surface area (Å²) >= 11 is 0. The van der Waals surface area contributed by atoms with Crippen LogP contribution in [0, 0.1) is 0 Å². The molecule has 100 valence electrons. The number of carbonyl (C=O) groups is 1. The maximum atomic E-state index is 12.1. The zero-order chi connectivity index (χ0) is 13.6. The number of halogens is 3. The summed E-state index contributed by atoms with van der Waals surface area (Å²) in [6.07, 6.45) is -5.78. The van der Waals surface area contributed by atoms with Crippen LogP contribution in [0.4, 0.5) is 18.0 Å².